The van der Waals surface area contributed by atoms with E-state index in [0.29, 0.717) is 5.37 Å². The molecular formula is C16H25NS. The maximum Gasteiger partial charge on any atom is 0.105 e. The lowest BCUT2D eigenvalue weighted by Gasteiger charge is -2.24. The lowest BCUT2D eigenvalue weighted by atomic mass is 10.1. The average Bonchev–Trinajstić information content (AvgIpc) is 2.71. The molecule has 0 amide bonds. The van der Waals surface area contributed by atoms with Crippen LogP contribution in [0.4, 0.5) is 0 Å². The van der Waals surface area contributed by atoms with Gasteiger partial charge in [0.25, 0.3) is 0 Å². The van der Waals surface area contributed by atoms with E-state index >= 15 is 0 Å². The number of hydrogen-bond acceptors (Lipinski definition) is 2. The van der Waals surface area contributed by atoms with Crippen molar-refractivity contribution < 1.29 is 0 Å². The maximum absolute atomic E-state index is 4.08. The predicted octanol–water partition coefficient (Wildman–Crippen LogP) is 5.10. The first-order chi connectivity index (χ1) is 8.65. The molecule has 2 rings (SSSR count). The van der Waals surface area contributed by atoms with Crippen molar-refractivity contribution in [3.8, 4) is 0 Å². The Balaban J connectivity index is 0.000000771. The normalized spacial score (nSPS) is 22.6. The van der Waals surface area contributed by atoms with E-state index < -0.39 is 0 Å². The average molecular weight is 263 g/mol. The summed E-state index contributed by atoms with van der Waals surface area (Å²) in [6.07, 6.45) is 9.27. The van der Waals surface area contributed by atoms with E-state index in [1.807, 2.05) is 25.6 Å². The van der Waals surface area contributed by atoms with Crippen LogP contribution >= 0.6 is 11.8 Å². The molecule has 2 aliphatic rings. The molecule has 0 saturated carbocycles. The predicted molar refractivity (Wildman–Crippen MR) is 84.5 cm³/mol. The van der Waals surface area contributed by atoms with Gasteiger partial charge in [-0.15, -0.1) is 0 Å². The third-order valence-corrected chi connectivity index (χ3v) is 4.55. The Hall–Kier alpha value is -0.890. The first-order valence-electron chi connectivity index (χ1n) is 6.77. The lowest BCUT2D eigenvalue weighted by Crippen LogP contribution is -2.24. The zero-order valence-electron chi connectivity index (χ0n) is 12.3. The van der Waals surface area contributed by atoms with Gasteiger partial charge in [0.2, 0.25) is 0 Å². The summed E-state index contributed by atoms with van der Waals surface area (Å²) in [6, 6.07) is 0. The summed E-state index contributed by atoms with van der Waals surface area (Å²) in [5, 5.41) is 0.415. The van der Waals surface area contributed by atoms with Crippen molar-refractivity contribution in [2.75, 3.05) is 7.05 Å². The molecular weight excluding hydrogens is 238 g/mol. The molecule has 2 heteroatoms. The Morgan fingerprint density at radius 2 is 2.00 bits per heavy atom. The van der Waals surface area contributed by atoms with Gasteiger partial charge in [-0.1, -0.05) is 56.0 Å². The minimum atomic E-state index is 0.415. The number of fused-ring (bicyclic) bond motifs is 1. The second kappa shape index (κ2) is 6.89. The van der Waals surface area contributed by atoms with Gasteiger partial charge < -0.3 is 4.90 Å². The summed E-state index contributed by atoms with van der Waals surface area (Å²) < 4.78 is 0. The van der Waals surface area contributed by atoms with Crippen LogP contribution in [0, 0.1) is 0 Å². The van der Waals surface area contributed by atoms with Crippen molar-refractivity contribution in [2.45, 2.75) is 45.9 Å². The van der Waals surface area contributed by atoms with Crippen molar-refractivity contribution in [3.63, 3.8) is 0 Å². The molecule has 0 bridgehead atoms. The van der Waals surface area contributed by atoms with Gasteiger partial charge in [-0.25, -0.2) is 0 Å². The minimum Gasteiger partial charge on any atom is -0.358 e. The molecule has 1 fully saturated rings. The molecule has 1 aliphatic heterocycles. The first kappa shape index (κ1) is 15.2. The van der Waals surface area contributed by atoms with E-state index in [4.69, 9.17) is 0 Å². The highest BCUT2D eigenvalue weighted by Crippen LogP contribution is 2.46. The molecule has 0 N–H and O–H groups in total. The van der Waals surface area contributed by atoms with E-state index in [1.54, 1.807) is 0 Å². The summed E-state index contributed by atoms with van der Waals surface area (Å²) in [5.74, 6) is 0. The maximum atomic E-state index is 4.08. The highest BCUT2D eigenvalue weighted by molar-refractivity contribution is 8.04. The van der Waals surface area contributed by atoms with Gasteiger partial charge in [0.15, 0.2) is 0 Å². The zero-order chi connectivity index (χ0) is 13.7. The van der Waals surface area contributed by atoms with Gasteiger partial charge in [-0.05, 0) is 32.3 Å². The molecule has 18 heavy (non-hydrogen) atoms. The Morgan fingerprint density at radius 3 is 2.50 bits per heavy atom. The second-order valence-corrected chi connectivity index (χ2v) is 5.46. The van der Waals surface area contributed by atoms with Crippen LogP contribution in [-0.4, -0.2) is 17.3 Å². The fourth-order valence-corrected chi connectivity index (χ4v) is 3.80. The van der Waals surface area contributed by atoms with E-state index in [9.17, 15) is 0 Å². The van der Waals surface area contributed by atoms with Gasteiger partial charge in [-0.3, -0.25) is 0 Å². The second-order valence-electron chi connectivity index (χ2n) is 4.34. The van der Waals surface area contributed by atoms with Crippen molar-refractivity contribution in [2.24, 2.45) is 0 Å². The molecule has 1 heterocycles. The van der Waals surface area contributed by atoms with Crippen molar-refractivity contribution >= 4 is 11.8 Å². The van der Waals surface area contributed by atoms with Crippen LogP contribution in [0.25, 0.3) is 0 Å². The quantitative estimate of drug-likeness (QED) is 0.638. The highest BCUT2D eigenvalue weighted by Gasteiger charge is 2.32. The molecule has 0 spiro atoms. The summed E-state index contributed by atoms with van der Waals surface area (Å²) in [7, 11) is 2.18. The fraction of sp³-hybridized carbons (Fsp3) is 0.500. The number of nitrogens with zero attached hydrogens (tertiary/aromatic N) is 1. The number of hydrogen-bond donors (Lipinski definition) is 0. The van der Waals surface area contributed by atoms with Crippen LogP contribution in [0.2, 0.25) is 0 Å². The molecule has 1 saturated heterocycles. The van der Waals surface area contributed by atoms with Gasteiger partial charge in [0.05, 0.1) is 0 Å². The number of thioether (sulfide) groups is 1. The molecule has 1 unspecified atom stereocenters. The Kier molecular flexibility index (Phi) is 5.80. The third kappa shape index (κ3) is 2.92. The Morgan fingerprint density at radius 1 is 1.39 bits per heavy atom. The standard InChI is InChI=1S/C14H19NS.C2H6/c1-5-11(10(2)3)14-15(4)12-8-6-7-9-13(12)16-14;1-2/h5,8-9,14H,2,6-7H2,1,3-4H3;1-2H3/b11-5+;. The smallest absolute Gasteiger partial charge is 0.105 e. The third-order valence-electron chi connectivity index (χ3n) is 3.13. The van der Waals surface area contributed by atoms with Crippen molar-refractivity contribution in [1.82, 2.24) is 4.90 Å². The topological polar surface area (TPSA) is 3.24 Å². The zero-order valence-corrected chi connectivity index (χ0v) is 13.1. The number of likely N-dealkylation sites (N-methyl/N-ethyl adjacent to an activating group) is 1. The minimum absolute atomic E-state index is 0.415. The van der Waals surface area contributed by atoms with Crippen LogP contribution in [0.5, 0.6) is 0 Å². The van der Waals surface area contributed by atoms with E-state index in [-0.39, 0.29) is 0 Å². The van der Waals surface area contributed by atoms with Gasteiger partial charge in [0, 0.05) is 17.6 Å². The van der Waals surface area contributed by atoms with Crippen LogP contribution in [0.3, 0.4) is 0 Å². The molecule has 0 aromatic rings. The summed E-state index contributed by atoms with van der Waals surface area (Å²) in [5.41, 5.74) is 3.93. The lowest BCUT2D eigenvalue weighted by molar-refractivity contribution is 0.448. The monoisotopic (exact) mass is 263 g/mol. The molecule has 0 radical (unpaired) electrons. The van der Waals surface area contributed by atoms with Gasteiger partial charge in [-0.2, -0.15) is 0 Å². The van der Waals surface area contributed by atoms with Gasteiger partial charge >= 0.3 is 0 Å². The highest BCUT2D eigenvalue weighted by atomic mass is 32.2. The van der Waals surface area contributed by atoms with E-state index in [2.05, 4.69) is 50.6 Å². The van der Waals surface area contributed by atoms with Crippen LogP contribution in [0.15, 0.2) is 46.6 Å². The fourth-order valence-electron chi connectivity index (χ4n) is 2.26. The van der Waals surface area contributed by atoms with Crippen LogP contribution < -0.4 is 0 Å². The largest absolute Gasteiger partial charge is 0.358 e. The van der Waals surface area contributed by atoms with Crippen molar-refractivity contribution in [3.05, 3.63) is 46.6 Å². The first-order valence-corrected chi connectivity index (χ1v) is 7.65. The Bertz CT molecular complexity index is 401. The van der Waals surface area contributed by atoms with Crippen LogP contribution in [-0.2, 0) is 0 Å². The number of allylic oxidation sites excluding steroid dienone is 3. The van der Waals surface area contributed by atoms with E-state index in [1.165, 1.54) is 34.6 Å². The van der Waals surface area contributed by atoms with Gasteiger partial charge in [0.1, 0.15) is 5.37 Å². The van der Waals surface area contributed by atoms with Crippen LogP contribution in [0.1, 0.15) is 40.5 Å². The summed E-state index contributed by atoms with van der Waals surface area (Å²) in [6.45, 7) is 12.3. The summed E-state index contributed by atoms with van der Waals surface area (Å²) >= 11 is 1.95. The number of rotatable bonds is 2. The van der Waals surface area contributed by atoms with E-state index in [0.717, 1.165) is 0 Å². The van der Waals surface area contributed by atoms with Crippen molar-refractivity contribution in [1.29, 1.82) is 0 Å². The molecule has 0 aromatic heterocycles. The summed E-state index contributed by atoms with van der Waals surface area (Å²) in [4.78, 5) is 3.82. The SMILES string of the molecule is C=C(C)/C(=C\C)C1SC2=CCCC=C2N1C.CC. The molecule has 1 atom stereocenters. The molecule has 0 aromatic carbocycles. The Labute approximate surface area is 116 Å². The molecule has 1 nitrogen and oxygen atoms in total. The molecule has 100 valence electrons. The molecule has 1 aliphatic carbocycles.